The van der Waals surface area contributed by atoms with Crippen molar-refractivity contribution in [1.82, 2.24) is 4.72 Å². The second kappa shape index (κ2) is 5.98. The summed E-state index contributed by atoms with van der Waals surface area (Å²) in [6.07, 6.45) is 0.626. The lowest BCUT2D eigenvalue weighted by atomic mass is 10.1. The van der Waals surface area contributed by atoms with E-state index in [9.17, 15) is 8.42 Å². The molecule has 0 heterocycles. The molecule has 0 unspecified atom stereocenters. The van der Waals surface area contributed by atoms with E-state index >= 15 is 0 Å². The molecule has 1 aromatic carbocycles. The summed E-state index contributed by atoms with van der Waals surface area (Å²) in [6.45, 7) is 2.68. The van der Waals surface area contributed by atoms with Gasteiger partial charge < -0.3 is 5.73 Å². The van der Waals surface area contributed by atoms with Gasteiger partial charge in [0.2, 0.25) is 10.0 Å². The fourth-order valence-corrected chi connectivity index (χ4v) is 2.40. The lowest BCUT2D eigenvalue weighted by molar-refractivity contribution is 0.580. The van der Waals surface area contributed by atoms with Crippen LogP contribution >= 0.6 is 0 Å². The molecule has 0 aliphatic rings. The van der Waals surface area contributed by atoms with E-state index in [1.165, 1.54) is 0 Å². The van der Waals surface area contributed by atoms with Gasteiger partial charge in [-0.15, -0.1) is 0 Å². The topological polar surface area (TPSA) is 72.2 Å². The van der Waals surface area contributed by atoms with Crippen LogP contribution in [0.4, 0.5) is 0 Å². The van der Waals surface area contributed by atoms with Crippen molar-refractivity contribution in [3.63, 3.8) is 0 Å². The Morgan fingerprint density at radius 3 is 2.25 bits per heavy atom. The first-order valence-electron chi connectivity index (χ1n) is 5.32. The van der Waals surface area contributed by atoms with E-state index in [2.05, 4.69) is 4.72 Å². The summed E-state index contributed by atoms with van der Waals surface area (Å²) in [5, 5.41) is 0. The third-order valence-corrected chi connectivity index (χ3v) is 3.76. The average Bonchev–Trinajstić information content (AvgIpc) is 2.27. The molecule has 0 radical (unpaired) electrons. The molecule has 4 nitrogen and oxygen atoms in total. The number of hydrogen-bond donors (Lipinski definition) is 2. The molecule has 0 aromatic heterocycles. The Hall–Kier alpha value is -0.910. The van der Waals surface area contributed by atoms with E-state index in [0.29, 0.717) is 19.5 Å². The normalized spacial score (nSPS) is 11.6. The van der Waals surface area contributed by atoms with Gasteiger partial charge in [-0.25, -0.2) is 13.1 Å². The van der Waals surface area contributed by atoms with Gasteiger partial charge in [0.25, 0.3) is 0 Å². The number of nitrogens with two attached hydrogens (primary N) is 1. The van der Waals surface area contributed by atoms with Gasteiger partial charge >= 0.3 is 0 Å². The molecule has 16 heavy (non-hydrogen) atoms. The Labute approximate surface area is 96.9 Å². The molecule has 1 rings (SSSR count). The van der Waals surface area contributed by atoms with Gasteiger partial charge in [-0.2, -0.15) is 0 Å². The smallest absolute Gasteiger partial charge is 0.211 e. The summed E-state index contributed by atoms with van der Waals surface area (Å²) in [4.78, 5) is 0. The monoisotopic (exact) mass is 242 g/mol. The van der Waals surface area contributed by atoms with Gasteiger partial charge in [0.1, 0.15) is 0 Å². The predicted octanol–water partition coefficient (Wildman–Crippen LogP) is 0.975. The number of sulfonamides is 1. The highest BCUT2D eigenvalue weighted by Gasteiger charge is 2.07. The van der Waals surface area contributed by atoms with Crippen molar-refractivity contribution in [3.05, 3.63) is 35.4 Å². The van der Waals surface area contributed by atoms with Gasteiger partial charge in [0.05, 0.1) is 5.75 Å². The molecular weight excluding hydrogens is 224 g/mol. The van der Waals surface area contributed by atoms with Crippen molar-refractivity contribution in [2.24, 2.45) is 5.73 Å². The minimum absolute atomic E-state index is 0.174. The molecular formula is C11H18N2O2S. The Kier molecular flexibility index (Phi) is 4.92. The maximum atomic E-state index is 11.4. The third-order valence-electron chi connectivity index (χ3n) is 2.23. The minimum atomic E-state index is -3.12. The summed E-state index contributed by atoms with van der Waals surface area (Å²) in [5.41, 5.74) is 7.45. The zero-order chi connectivity index (χ0) is 12.0. The number of nitrogens with one attached hydrogen (secondary N) is 1. The van der Waals surface area contributed by atoms with Crippen molar-refractivity contribution in [2.45, 2.75) is 26.4 Å². The van der Waals surface area contributed by atoms with Crippen LogP contribution in [0.15, 0.2) is 24.3 Å². The van der Waals surface area contributed by atoms with Gasteiger partial charge in [0, 0.05) is 13.1 Å². The van der Waals surface area contributed by atoms with Crippen LogP contribution in [-0.2, 0) is 23.1 Å². The van der Waals surface area contributed by atoms with Crippen molar-refractivity contribution in [1.29, 1.82) is 0 Å². The summed E-state index contributed by atoms with van der Waals surface area (Å²) < 4.78 is 25.3. The molecule has 0 saturated heterocycles. The van der Waals surface area contributed by atoms with Crippen LogP contribution in [0.25, 0.3) is 0 Å². The molecule has 5 heteroatoms. The Morgan fingerprint density at radius 2 is 1.75 bits per heavy atom. The molecule has 0 aliphatic carbocycles. The SMILES string of the molecule is CCCS(=O)(=O)NCc1ccc(CN)cc1. The quantitative estimate of drug-likeness (QED) is 0.781. The molecule has 0 bridgehead atoms. The van der Waals surface area contributed by atoms with Crippen molar-refractivity contribution in [3.8, 4) is 0 Å². The van der Waals surface area contributed by atoms with Crippen LogP contribution in [0, 0.1) is 0 Å². The third kappa shape index (κ3) is 4.30. The van der Waals surface area contributed by atoms with E-state index in [-0.39, 0.29) is 5.75 Å². The second-order valence-electron chi connectivity index (χ2n) is 3.66. The number of rotatable bonds is 6. The molecule has 1 aromatic rings. The molecule has 0 saturated carbocycles. The standard InChI is InChI=1S/C11H18N2O2S/c1-2-7-16(14,15)13-9-11-5-3-10(8-12)4-6-11/h3-6,13H,2,7-9,12H2,1H3. The molecule has 0 fully saturated rings. The molecule has 0 spiro atoms. The van der Waals surface area contributed by atoms with Crippen molar-refractivity contribution < 1.29 is 8.42 Å². The van der Waals surface area contributed by atoms with Crippen LogP contribution in [0.1, 0.15) is 24.5 Å². The zero-order valence-corrected chi connectivity index (χ0v) is 10.3. The zero-order valence-electron chi connectivity index (χ0n) is 9.44. The second-order valence-corrected chi connectivity index (χ2v) is 5.59. The van der Waals surface area contributed by atoms with Gasteiger partial charge in [-0.05, 0) is 17.5 Å². The predicted molar refractivity (Wildman–Crippen MR) is 65.3 cm³/mol. The summed E-state index contributed by atoms with van der Waals surface area (Å²) >= 11 is 0. The maximum Gasteiger partial charge on any atom is 0.211 e. The maximum absolute atomic E-state index is 11.4. The van der Waals surface area contributed by atoms with Crippen LogP contribution < -0.4 is 10.5 Å². The van der Waals surface area contributed by atoms with E-state index in [0.717, 1.165) is 11.1 Å². The average molecular weight is 242 g/mol. The Balaban J connectivity index is 2.54. The minimum Gasteiger partial charge on any atom is -0.326 e. The summed E-state index contributed by atoms with van der Waals surface area (Å²) in [5.74, 6) is 0.174. The summed E-state index contributed by atoms with van der Waals surface area (Å²) in [7, 11) is -3.12. The Bertz CT molecular complexity index is 412. The molecule has 3 N–H and O–H groups in total. The highest BCUT2D eigenvalue weighted by atomic mass is 32.2. The van der Waals surface area contributed by atoms with Crippen LogP contribution in [0.3, 0.4) is 0 Å². The fourth-order valence-electron chi connectivity index (χ4n) is 1.33. The van der Waals surface area contributed by atoms with E-state index in [4.69, 9.17) is 5.73 Å². The van der Waals surface area contributed by atoms with Gasteiger partial charge in [-0.3, -0.25) is 0 Å². The fraction of sp³-hybridized carbons (Fsp3) is 0.455. The number of benzene rings is 1. The highest BCUT2D eigenvalue weighted by molar-refractivity contribution is 7.89. The molecule has 90 valence electrons. The van der Waals surface area contributed by atoms with Crippen molar-refractivity contribution >= 4 is 10.0 Å². The lowest BCUT2D eigenvalue weighted by Gasteiger charge is -2.06. The first kappa shape index (κ1) is 13.2. The van der Waals surface area contributed by atoms with Crippen LogP contribution in [0.2, 0.25) is 0 Å². The van der Waals surface area contributed by atoms with E-state index in [1.54, 1.807) is 0 Å². The van der Waals surface area contributed by atoms with Crippen LogP contribution in [-0.4, -0.2) is 14.2 Å². The van der Waals surface area contributed by atoms with E-state index < -0.39 is 10.0 Å². The summed E-state index contributed by atoms with van der Waals surface area (Å²) in [6, 6.07) is 7.58. The largest absolute Gasteiger partial charge is 0.326 e. The first-order valence-corrected chi connectivity index (χ1v) is 6.98. The molecule has 0 aliphatic heterocycles. The number of hydrogen-bond acceptors (Lipinski definition) is 3. The molecule has 0 amide bonds. The van der Waals surface area contributed by atoms with Gasteiger partial charge in [-0.1, -0.05) is 31.2 Å². The van der Waals surface area contributed by atoms with Gasteiger partial charge in [0.15, 0.2) is 0 Å². The van der Waals surface area contributed by atoms with E-state index in [1.807, 2.05) is 31.2 Å². The van der Waals surface area contributed by atoms with Crippen LogP contribution in [0.5, 0.6) is 0 Å². The van der Waals surface area contributed by atoms with Crippen molar-refractivity contribution in [2.75, 3.05) is 5.75 Å². The first-order chi connectivity index (χ1) is 7.57. The lowest BCUT2D eigenvalue weighted by Crippen LogP contribution is -2.25. The molecule has 0 atom stereocenters. The Morgan fingerprint density at radius 1 is 1.19 bits per heavy atom. The highest BCUT2D eigenvalue weighted by Crippen LogP contribution is 2.04.